The van der Waals surface area contributed by atoms with Crippen LogP contribution in [0.2, 0.25) is 0 Å². The molecule has 23 aliphatic carbocycles. The quantitative estimate of drug-likeness (QED) is 0.128. The Bertz CT molecular complexity index is 3680. The van der Waals surface area contributed by atoms with Gasteiger partial charge in [0.1, 0.15) is 33.6 Å². The molecule has 13 nitrogen and oxygen atoms in total. The Balaban J connectivity index is 0.000000111. The van der Waals surface area contributed by atoms with Crippen molar-refractivity contribution in [1.82, 2.24) is 0 Å². The summed E-state index contributed by atoms with van der Waals surface area (Å²) in [6.45, 7) is 49.1. The van der Waals surface area contributed by atoms with Gasteiger partial charge in [-0.2, -0.15) is 0 Å². The predicted octanol–water partition coefficient (Wildman–Crippen LogP) is 25.8. The summed E-state index contributed by atoms with van der Waals surface area (Å²) in [4.78, 5) is 76.4. The van der Waals surface area contributed by atoms with Crippen molar-refractivity contribution in [2.45, 2.75) is 430 Å². The van der Waals surface area contributed by atoms with Gasteiger partial charge in [-0.1, -0.05) is 116 Å². The molecule has 0 aliphatic heterocycles. The molecule has 0 heterocycles. The van der Waals surface area contributed by atoms with E-state index in [0.29, 0.717) is 107 Å². The second-order valence-electron chi connectivity index (χ2n) is 52.1. The minimum Gasteiger partial charge on any atom is -0.460 e. The van der Waals surface area contributed by atoms with E-state index in [0.717, 1.165) is 178 Å². The van der Waals surface area contributed by atoms with E-state index in [-0.39, 0.29) is 105 Å². The number of rotatable bonds is 14. The molecule has 13 heteroatoms. The van der Waals surface area contributed by atoms with Gasteiger partial charge in [-0.3, -0.25) is 28.8 Å². The van der Waals surface area contributed by atoms with Crippen molar-refractivity contribution in [3.63, 3.8) is 0 Å². The van der Waals surface area contributed by atoms with Crippen LogP contribution in [0.3, 0.4) is 0 Å². The van der Waals surface area contributed by atoms with E-state index in [1.54, 1.807) is 0 Å². The zero-order valence-corrected chi connectivity index (χ0v) is 83.2. The number of hydrogen-bond acceptors (Lipinski definition) is 13. The van der Waals surface area contributed by atoms with E-state index in [2.05, 4.69) is 132 Å². The van der Waals surface area contributed by atoms with Crippen LogP contribution in [0, 0.1) is 237 Å². The molecule has 0 aromatic carbocycles. The van der Waals surface area contributed by atoms with Crippen LogP contribution < -0.4 is 0 Å². The number of esters is 6. The van der Waals surface area contributed by atoms with Crippen molar-refractivity contribution in [2.75, 3.05) is 0 Å². The fourth-order valence-corrected chi connectivity index (χ4v) is 35.4. The van der Waals surface area contributed by atoms with Crippen LogP contribution in [0.25, 0.3) is 0 Å². The minimum absolute atomic E-state index is 0.0405. The molecule has 20 bridgehead atoms. The normalized spacial score (nSPS) is 48.9. The molecule has 125 heavy (non-hydrogen) atoms. The van der Waals surface area contributed by atoms with Crippen LogP contribution in [-0.2, 0) is 57.2 Å². The molecule has 0 aromatic rings. The molecule has 0 spiro atoms. The smallest absolute Gasteiger partial charge is 0.309 e. The average Bonchev–Trinajstić information content (AvgIpc) is 1.72. The number of aliphatic hydroxyl groups excluding tert-OH is 1. The Hall–Kier alpha value is -3.22. The highest BCUT2D eigenvalue weighted by Crippen LogP contribution is 2.66. The Morgan fingerprint density at radius 3 is 0.864 bits per heavy atom. The standard InChI is InChI=1S/C22H34O2.C21H32O2.C19H32O3.C19H32O2.C17H28O2.C14H24O2/c1-4-22(17-6-14-5-15(8-17)9-18(22)7-14)24-21(23)20-11-16-10-19(20)13(3)12(16)2;1-11-12(2)18-9-15(11)10-19(18)20(22)23-21(3)16-5-13-4-14(7-16)8-17(21)6-13;1-11-12(2)16-9-13(11)10-17(16)18(21)22-19(3,4)14-5-7-15(20)8-6-14;1-12-13(2)16-10-14(12)11-17(16)18(20)21-19(3,4)15-8-6-5-7-9-15;1-11-12(2)14-9-13(11)10-15(14)16(18)19-17(3)7-5-4-6-8-17;1-8-9(2)11-6-10(8)7-12(11)13(15)16-14(3,4)5/h12-20H,4-11H2,1-3H3;11-19H,4-10H2,1-3H3;11-17,20H,5-10H2,1-4H3;12-17H,5-11H2,1-4H3;11-15H,4-10H2,1-3H3;8-12H,6-7H2,1-5H3. The largest absolute Gasteiger partial charge is 0.460 e. The maximum Gasteiger partial charge on any atom is 0.309 e. The van der Waals surface area contributed by atoms with Crippen LogP contribution in [0.5, 0.6) is 0 Å². The van der Waals surface area contributed by atoms with Crippen molar-refractivity contribution >= 4 is 35.8 Å². The Kier molecular flexibility index (Phi) is 28.0. The van der Waals surface area contributed by atoms with E-state index in [4.69, 9.17) is 28.4 Å². The number of carbonyl (C=O) groups is 6. The number of hydrogen-bond donors (Lipinski definition) is 1. The summed E-state index contributed by atoms with van der Waals surface area (Å²) in [7, 11) is 0. The molecule has 1 N–H and O–H groups in total. The molecule has 0 aromatic heterocycles. The van der Waals surface area contributed by atoms with Gasteiger partial charge in [0.25, 0.3) is 0 Å². The molecule has 30 unspecified atom stereocenters. The van der Waals surface area contributed by atoms with E-state index >= 15 is 0 Å². The number of carbonyl (C=O) groups excluding carboxylic acids is 6. The number of aliphatic hydroxyl groups is 1. The van der Waals surface area contributed by atoms with Crippen molar-refractivity contribution < 1.29 is 62.3 Å². The summed E-state index contributed by atoms with van der Waals surface area (Å²) < 4.78 is 36.5. The zero-order chi connectivity index (χ0) is 89.5. The zero-order valence-electron chi connectivity index (χ0n) is 83.2. The summed E-state index contributed by atoms with van der Waals surface area (Å²) in [5, 5.41) is 9.66. The summed E-state index contributed by atoms with van der Waals surface area (Å²) >= 11 is 0. The van der Waals surface area contributed by atoms with Crippen molar-refractivity contribution in [3.8, 4) is 0 Å². The van der Waals surface area contributed by atoms with Gasteiger partial charge in [-0.25, -0.2) is 0 Å². The van der Waals surface area contributed by atoms with Crippen LogP contribution in [-0.4, -0.2) is 80.6 Å². The first-order valence-corrected chi connectivity index (χ1v) is 54.0. The Labute approximate surface area is 760 Å². The molecular weight excluding hydrogens is 1550 g/mol. The maximum absolute atomic E-state index is 13.2. The lowest BCUT2D eigenvalue weighted by Crippen LogP contribution is -2.60. The number of ether oxygens (including phenoxy) is 6. The van der Waals surface area contributed by atoms with Crippen molar-refractivity contribution in [2.24, 2.45) is 237 Å². The van der Waals surface area contributed by atoms with Gasteiger partial charge in [0, 0.05) is 0 Å². The summed E-state index contributed by atoms with van der Waals surface area (Å²) in [5.41, 5.74) is -1.40. The molecule has 23 aliphatic rings. The second-order valence-corrected chi connectivity index (χ2v) is 52.1. The predicted molar refractivity (Wildman–Crippen MR) is 494 cm³/mol. The summed E-state index contributed by atoms with van der Waals surface area (Å²) in [5.74, 6) is 26.1. The summed E-state index contributed by atoms with van der Waals surface area (Å²) in [6, 6.07) is 0. The van der Waals surface area contributed by atoms with E-state index in [1.807, 2.05) is 20.8 Å². The lowest BCUT2D eigenvalue weighted by atomic mass is 9.49. The van der Waals surface area contributed by atoms with Gasteiger partial charge in [-0.15, -0.1) is 0 Å². The first kappa shape index (κ1) is 95.0. The highest BCUT2D eigenvalue weighted by molar-refractivity contribution is 5.77. The third-order valence-electron chi connectivity index (χ3n) is 44.3. The highest BCUT2D eigenvalue weighted by atomic mass is 16.6. The first-order chi connectivity index (χ1) is 59.0. The maximum atomic E-state index is 13.2. The fraction of sp³-hybridized carbons (Fsp3) is 0.946. The van der Waals surface area contributed by atoms with Gasteiger partial charge >= 0.3 is 35.8 Å². The van der Waals surface area contributed by atoms with Crippen LogP contribution in [0.4, 0.5) is 0 Å². The average molecular weight is 1740 g/mol. The van der Waals surface area contributed by atoms with Gasteiger partial charge in [0.05, 0.1) is 41.6 Å². The van der Waals surface area contributed by atoms with Crippen LogP contribution in [0.1, 0.15) is 390 Å². The highest BCUT2D eigenvalue weighted by Gasteiger charge is 2.64. The molecular formula is C112H182O13. The molecule has 30 atom stereocenters. The fourth-order valence-electron chi connectivity index (χ4n) is 35.4. The van der Waals surface area contributed by atoms with Gasteiger partial charge < -0.3 is 33.5 Å². The van der Waals surface area contributed by atoms with Gasteiger partial charge in [0.2, 0.25) is 0 Å². The second kappa shape index (κ2) is 36.9. The Morgan fingerprint density at radius 1 is 0.296 bits per heavy atom. The molecule has 23 saturated carbocycles. The lowest BCUT2D eigenvalue weighted by molar-refractivity contribution is -0.216. The first-order valence-electron chi connectivity index (χ1n) is 54.0. The third kappa shape index (κ3) is 18.7. The Morgan fingerprint density at radius 2 is 0.568 bits per heavy atom. The van der Waals surface area contributed by atoms with Crippen molar-refractivity contribution in [3.05, 3.63) is 0 Å². The van der Waals surface area contributed by atoms with Gasteiger partial charge in [-0.05, 0) is 475 Å². The molecule has 0 radical (unpaired) electrons. The monoisotopic (exact) mass is 1740 g/mol. The molecule has 708 valence electrons. The molecule has 0 saturated heterocycles. The van der Waals surface area contributed by atoms with E-state index in [1.165, 1.54) is 154 Å². The number of fused-ring (bicyclic) bond motifs is 12. The minimum atomic E-state index is -0.395. The molecule has 23 rings (SSSR count). The third-order valence-corrected chi connectivity index (χ3v) is 44.3. The van der Waals surface area contributed by atoms with Crippen LogP contribution >= 0.6 is 0 Å². The lowest BCUT2D eigenvalue weighted by Gasteiger charge is -2.60. The van der Waals surface area contributed by atoms with Crippen molar-refractivity contribution in [1.29, 1.82) is 0 Å². The molecule has 0 amide bonds. The SMILES string of the molecule is CC1C2CC(C(=O)OC(C)(C)C)C(C2)C1C.CC1C2CC(C(=O)OC(C)(C)C3CCC(O)CC3)C(C2)C1C.CC1C2CC(C(=O)OC(C)(C)C3CCCCC3)C(C2)C1C.CC1C2CC(C(=O)OC3(C)C4CC5CC(C4)CC3C5)C(C2)C1C.CC1C2CC(C(=O)OC3(C)CCCCC3)C(C2)C1C.CCC1(OC(=O)C2CC3CC2C(C)C3C)C2CC3CC(C2)CC1C3. The molecule has 23 fully saturated rings. The van der Waals surface area contributed by atoms with Crippen LogP contribution in [0.15, 0.2) is 0 Å². The van der Waals surface area contributed by atoms with E-state index < -0.39 is 5.60 Å². The van der Waals surface area contributed by atoms with Gasteiger partial charge in [0.15, 0.2) is 0 Å². The summed E-state index contributed by atoms with van der Waals surface area (Å²) in [6.07, 6.45) is 44.3. The van der Waals surface area contributed by atoms with E-state index in [9.17, 15) is 33.9 Å². The topological polar surface area (TPSA) is 178 Å².